The van der Waals surface area contributed by atoms with Crippen LogP contribution in [0.1, 0.15) is 11.1 Å². The van der Waals surface area contributed by atoms with Gasteiger partial charge < -0.3 is 0 Å². The zero-order chi connectivity index (χ0) is 16.0. The van der Waals surface area contributed by atoms with E-state index in [1.807, 2.05) is 24.3 Å². The summed E-state index contributed by atoms with van der Waals surface area (Å²) in [5, 5.41) is 0. The van der Waals surface area contributed by atoms with Crippen molar-refractivity contribution in [3.63, 3.8) is 0 Å². The molecular formula is C19H14O3S. The van der Waals surface area contributed by atoms with Crippen molar-refractivity contribution in [3.8, 4) is 22.3 Å². The third-order valence-corrected chi connectivity index (χ3v) is 5.22. The molecule has 0 aromatic heterocycles. The van der Waals surface area contributed by atoms with Crippen molar-refractivity contribution in [1.29, 1.82) is 0 Å². The second kappa shape index (κ2) is 5.05. The maximum atomic E-state index is 11.7. The van der Waals surface area contributed by atoms with Crippen LogP contribution in [0.3, 0.4) is 0 Å². The van der Waals surface area contributed by atoms with E-state index in [1.165, 1.54) is 17.2 Å². The lowest BCUT2D eigenvalue weighted by atomic mass is 9.96. The van der Waals surface area contributed by atoms with Crippen molar-refractivity contribution in [1.82, 2.24) is 0 Å². The Morgan fingerprint density at radius 3 is 2.00 bits per heavy atom. The molecule has 0 bridgehead atoms. The van der Waals surface area contributed by atoms with Gasteiger partial charge in [-0.05, 0) is 40.3 Å². The molecule has 3 nitrogen and oxygen atoms in total. The van der Waals surface area contributed by atoms with Gasteiger partial charge in [-0.25, -0.2) is 0 Å². The predicted molar refractivity (Wildman–Crippen MR) is 89.9 cm³/mol. The van der Waals surface area contributed by atoms with Crippen LogP contribution >= 0.6 is 0 Å². The predicted octanol–water partition coefficient (Wildman–Crippen LogP) is 4.17. The molecule has 4 rings (SSSR count). The molecular weight excluding hydrogens is 308 g/mol. The zero-order valence-corrected chi connectivity index (χ0v) is 13.0. The van der Waals surface area contributed by atoms with Crippen molar-refractivity contribution in [2.45, 2.75) is 11.3 Å². The summed E-state index contributed by atoms with van der Waals surface area (Å²) in [6.45, 7) is 0. The average Bonchev–Trinajstić information content (AvgIpc) is 2.93. The van der Waals surface area contributed by atoms with Crippen molar-refractivity contribution in [3.05, 3.63) is 77.9 Å². The second-order valence-corrected chi connectivity index (χ2v) is 7.03. The highest BCUT2D eigenvalue weighted by atomic mass is 32.2. The summed E-state index contributed by atoms with van der Waals surface area (Å²) in [5.41, 5.74) is 6.05. The molecule has 0 saturated heterocycles. The quantitative estimate of drug-likeness (QED) is 0.564. The smallest absolute Gasteiger partial charge is 0.282 e. The Balaban J connectivity index is 1.98. The summed E-state index contributed by atoms with van der Waals surface area (Å²) in [5.74, 6) is 0. The molecule has 0 amide bonds. The maximum absolute atomic E-state index is 11.7. The van der Waals surface area contributed by atoms with Crippen LogP contribution in [0.2, 0.25) is 0 Å². The van der Waals surface area contributed by atoms with Crippen LogP contribution in [0.25, 0.3) is 22.3 Å². The Labute approximate surface area is 135 Å². The minimum absolute atomic E-state index is 0.0515. The van der Waals surface area contributed by atoms with Gasteiger partial charge in [0.25, 0.3) is 10.1 Å². The summed E-state index contributed by atoms with van der Waals surface area (Å²) in [4.78, 5) is -0.0515. The van der Waals surface area contributed by atoms with Crippen LogP contribution in [0, 0.1) is 0 Å². The molecule has 3 aromatic carbocycles. The van der Waals surface area contributed by atoms with E-state index >= 15 is 0 Å². The Kier molecular flexibility index (Phi) is 3.11. The number of fused-ring (bicyclic) bond motifs is 3. The van der Waals surface area contributed by atoms with Gasteiger partial charge in [-0.3, -0.25) is 4.55 Å². The average molecular weight is 322 g/mol. The molecule has 0 unspecified atom stereocenters. The van der Waals surface area contributed by atoms with Crippen LogP contribution in [0.4, 0.5) is 0 Å². The molecule has 1 aliphatic carbocycles. The summed E-state index contributed by atoms with van der Waals surface area (Å²) >= 11 is 0. The highest BCUT2D eigenvalue weighted by Gasteiger charge is 2.24. The van der Waals surface area contributed by atoms with Crippen LogP contribution in [0.5, 0.6) is 0 Å². The Bertz CT molecular complexity index is 1020. The van der Waals surface area contributed by atoms with E-state index in [1.54, 1.807) is 18.2 Å². The molecule has 1 N–H and O–H groups in total. The summed E-state index contributed by atoms with van der Waals surface area (Å²) < 4.78 is 32.9. The minimum Gasteiger partial charge on any atom is -0.282 e. The molecule has 23 heavy (non-hydrogen) atoms. The van der Waals surface area contributed by atoms with Gasteiger partial charge in [0.15, 0.2) is 0 Å². The van der Waals surface area contributed by atoms with Gasteiger partial charge in [-0.15, -0.1) is 0 Å². The van der Waals surface area contributed by atoms with Gasteiger partial charge in [0, 0.05) is 5.56 Å². The van der Waals surface area contributed by atoms with E-state index in [-0.39, 0.29) is 4.90 Å². The van der Waals surface area contributed by atoms with E-state index in [2.05, 4.69) is 18.2 Å². The Morgan fingerprint density at radius 1 is 0.696 bits per heavy atom. The molecule has 0 radical (unpaired) electrons. The van der Waals surface area contributed by atoms with Crippen LogP contribution in [-0.2, 0) is 16.5 Å². The Hall–Kier alpha value is -2.43. The van der Waals surface area contributed by atoms with Crippen LogP contribution < -0.4 is 0 Å². The highest BCUT2D eigenvalue weighted by molar-refractivity contribution is 7.86. The molecule has 3 aromatic rings. The number of hydrogen-bond acceptors (Lipinski definition) is 2. The topological polar surface area (TPSA) is 54.4 Å². The van der Waals surface area contributed by atoms with Gasteiger partial charge in [-0.1, -0.05) is 60.7 Å². The molecule has 0 fully saturated rings. The first-order valence-electron chi connectivity index (χ1n) is 7.33. The first-order valence-corrected chi connectivity index (χ1v) is 8.77. The molecule has 4 heteroatoms. The SMILES string of the molecule is O=S(=O)(O)c1ccccc1-c1cccc2c1Cc1ccccc1-2. The number of rotatable bonds is 2. The fraction of sp³-hybridized carbons (Fsp3) is 0.0526. The van der Waals surface area contributed by atoms with Gasteiger partial charge in [0.05, 0.1) is 0 Å². The van der Waals surface area contributed by atoms with Gasteiger partial charge in [-0.2, -0.15) is 8.42 Å². The lowest BCUT2D eigenvalue weighted by molar-refractivity contribution is 0.483. The fourth-order valence-corrected chi connectivity index (χ4v) is 4.03. The second-order valence-electron chi connectivity index (χ2n) is 5.64. The minimum atomic E-state index is -4.27. The largest absolute Gasteiger partial charge is 0.295 e. The number of hydrogen-bond donors (Lipinski definition) is 1. The van der Waals surface area contributed by atoms with Crippen molar-refractivity contribution in [2.24, 2.45) is 0 Å². The monoisotopic (exact) mass is 322 g/mol. The third-order valence-electron chi connectivity index (χ3n) is 4.31. The van der Waals surface area contributed by atoms with E-state index in [0.29, 0.717) is 5.56 Å². The molecule has 0 heterocycles. The van der Waals surface area contributed by atoms with E-state index in [9.17, 15) is 13.0 Å². The van der Waals surface area contributed by atoms with Crippen molar-refractivity contribution < 1.29 is 13.0 Å². The first-order chi connectivity index (χ1) is 11.1. The lowest BCUT2D eigenvalue weighted by Gasteiger charge is -2.12. The Morgan fingerprint density at radius 2 is 1.26 bits per heavy atom. The van der Waals surface area contributed by atoms with Gasteiger partial charge in [0.2, 0.25) is 0 Å². The van der Waals surface area contributed by atoms with Crippen LogP contribution in [0.15, 0.2) is 71.6 Å². The van der Waals surface area contributed by atoms with Gasteiger partial charge >= 0.3 is 0 Å². The molecule has 0 spiro atoms. The van der Waals surface area contributed by atoms with Crippen molar-refractivity contribution in [2.75, 3.05) is 0 Å². The van der Waals surface area contributed by atoms with E-state index in [4.69, 9.17) is 0 Å². The third kappa shape index (κ3) is 2.27. The fourth-order valence-electron chi connectivity index (χ4n) is 3.32. The summed E-state index contributed by atoms with van der Waals surface area (Å²) in [6, 6.07) is 20.7. The first kappa shape index (κ1) is 14.2. The molecule has 114 valence electrons. The van der Waals surface area contributed by atoms with Gasteiger partial charge in [0.1, 0.15) is 4.90 Å². The normalized spacial score (nSPS) is 12.7. The molecule has 1 aliphatic rings. The van der Waals surface area contributed by atoms with E-state index in [0.717, 1.165) is 23.1 Å². The maximum Gasteiger partial charge on any atom is 0.295 e. The van der Waals surface area contributed by atoms with E-state index < -0.39 is 10.1 Å². The number of benzene rings is 3. The lowest BCUT2D eigenvalue weighted by Crippen LogP contribution is -2.01. The molecule has 0 atom stereocenters. The molecule has 0 saturated carbocycles. The van der Waals surface area contributed by atoms with Crippen molar-refractivity contribution >= 4 is 10.1 Å². The zero-order valence-electron chi connectivity index (χ0n) is 12.2. The molecule has 0 aliphatic heterocycles. The summed E-state index contributed by atoms with van der Waals surface area (Å²) in [7, 11) is -4.27. The standard InChI is InChI=1S/C19H14O3S/c20-23(21,22)19-11-4-3-8-17(19)16-10-5-9-15-14-7-2-1-6-13(14)12-18(15)16/h1-11H,12H2,(H,20,21,22). The van der Waals surface area contributed by atoms with Crippen LogP contribution in [-0.4, -0.2) is 13.0 Å². The summed E-state index contributed by atoms with van der Waals surface area (Å²) in [6.07, 6.45) is 0.765. The highest BCUT2D eigenvalue weighted by Crippen LogP contribution is 2.42.